The normalized spacial score (nSPS) is 18.9. The van der Waals surface area contributed by atoms with Crippen molar-refractivity contribution in [3.05, 3.63) is 46.1 Å². The van der Waals surface area contributed by atoms with Gasteiger partial charge in [-0.15, -0.1) is 0 Å². The van der Waals surface area contributed by atoms with Crippen LogP contribution in [0.1, 0.15) is 50.3 Å². The van der Waals surface area contributed by atoms with Gasteiger partial charge in [-0.25, -0.2) is 4.79 Å². The highest BCUT2D eigenvalue weighted by Gasteiger charge is 2.30. The van der Waals surface area contributed by atoms with Gasteiger partial charge in [-0.1, -0.05) is 28.1 Å². The quantitative estimate of drug-likeness (QED) is 0.618. The summed E-state index contributed by atoms with van der Waals surface area (Å²) in [6, 6.07) is 9.56. The summed E-state index contributed by atoms with van der Waals surface area (Å²) < 4.78 is 6.44. The number of ether oxygens (including phenoxy) is 1. The number of aromatic nitrogens is 2. The van der Waals surface area contributed by atoms with Crippen LogP contribution in [0.2, 0.25) is 0 Å². The molecule has 1 fully saturated rings. The molecule has 3 N–H and O–H groups in total. The summed E-state index contributed by atoms with van der Waals surface area (Å²) in [7, 11) is 0. The molecule has 7 nitrogen and oxygen atoms in total. The number of benzene rings is 1. The molecule has 2 aromatic rings. The van der Waals surface area contributed by atoms with E-state index in [1.807, 2.05) is 44.2 Å². The van der Waals surface area contributed by atoms with Gasteiger partial charge in [-0.05, 0) is 50.8 Å². The molecule has 1 aromatic carbocycles. The van der Waals surface area contributed by atoms with Gasteiger partial charge >= 0.3 is 6.09 Å². The molecule has 0 radical (unpaired) electrons. The third kappa shape index (κ3) is 5.82. The number of halogens is 1. The summed E-state index contributed by atoms with van der Waals surface area (Å²) in [5, 5.41) is 12.8. The molecule has 150 valence electrons. The number of nitrogens with zero attached hydrogens (tertiary/aromatic N) is 1. The van der Waals surface area contributed by atoms with E-state index in [-0.39, 0.29) is 30.1 Å². The van der Waals surface area contributed by atoms with Crippen LogP contribution in [0.3, 0.4) is 0 Å². The van der Waals surface area contributed by atoms with Gasteiger partial charge in [0.15, 0.2) is 5.82 Å². The number of hydrogen-bond donors (Lipinski definition) is 3. The Morgan fingerprint density at radius 1 is 1.29 bits per heavy atom. The largest absolute Gasteiger partial charge is 0.446 e. The van der Waals surface area contributed by atoms with E-state index in [9.17, 15) is 9.59 Å². The van der Waals surface area contributed by atoms with Crippen molar-refractivity contribution in [2.24, 2.45) is 0 Å². The molecule has 28 heavy (non-hydrogen) atoms. The van der Waals surface area contributed by atoms with Crippen LogP contribution in [-0.4, -0.2) is 34.3 Å². The van der Waals surface area contributed by atoms with E-state index in [1.165, 1.54) is 0 Å². The van der Waals surface area contributed by atoms with Crippen molar-refractivity contribution >= 4 is 33.7 Å². The van der Waals surface area contributed by atoms with E-state index in [0.29, 0.717) is 12.2 Å². The molecule has 3 rings (SSSR count). The summed E-state index contributed by atoms with van der Waals surface area (Å²) in [4.78, 5) is 24.0. The predicted octanol–water partition coefficient (Wildman–Crippen LogP) is 4.12. The van der Waals surface area contributed by atoms with Crippen LogP contribution in [0.5, 0.6) is 0 Å². The van der Waals surface area contributed by atoms with Gasteiger partial charge < -0.3 is 15.4 Å². The van der Waals surface area contributed by atoms with Gasteiger partial charge in [0.2, 0.25) is 5.91 Å². The Hall–Kier alpha value is -2.35. The van der Waals surface area contributed by atoms with Crippen LogP contribution in [0.25, 0.3) is 0 Å². The molecule has 1 aliphatic rings. The van der Waals surface area contributed by atoms with Crippen molar-refractivity contribution in [3.8, 4) is 0 Å². The average Bonchev–Trinajstić information content (AvgIpc) is 3.25. The van der Waals surface area contributed by atoms with Gasteiger partial charge in [0.1, 0.15) is 6.10 Å². The van der Waals surface area contributed by atoms with Gasteiger partial charge in [0.25, 0.3) is 0 Å². The number of nitrogens with one attached hydrogen (secondary N) is 3. The van der Waals surface area contributed by atoms with E-state index < -0.39 is 0 Å². The number of alkyl carbamates (subject to hydrolysis) is 1. The topological polar surface area (TPSA) is 96.1 Å². The zero-order valence-corrected chi connectivity index (χ0v) is 17.6. The van der Waals surface area contributed by atoms with Crippen LogP contribution in [-0.2, 0) is 16.0 Å². The molecule has 0 unspecified atom stereocenters. The second kappa shape index (κ2) is 9.23. The van der Waals surface area contributed by atoms with Gasteiger partial charge in [0.05, 0.1) is 6.42 Å². The number of amides is 2. The van der Waals surface area contributed by atoms with E-state index in [4.69, 9.17) is 4.74 Å². The minimum absolute atomic E-state index is 0.0564. The Bertz CT molecular complexity index is 819. The molecule has 8 heteroatoms. The molecule has 2 amide bonds. The summed E-state index contributed by atoms with van der Waals surface area (Å²) in [6.45, 7) is 3.80. The molecule has 0 saturated heterocycles. The maximum atomic E-state index is 12.2. The molecular weight excluding hydrogens is 424 g/mol. The van der Waals surface area contributed by atoms with Crippen LogP contribution in [0.15, 0.2) is 34.8 Å². The third-order valence-corrected chi connectivity index (χ3v) is 5.18. The lowest BCUT2D eigenvalue weighted by Crippen LogP contribution is -2.33. The van der Waals surface area contributed by atoms with E-state index in [1.54, 1.807) is 0 Å². The first kappa shape index (κ1) is 20.4. The van der Waals surface area contributed by atoms with Crippen molar-refractivity contribution < 1.29 is 14.3 Å². The fourth-order valence-electron chi connectivity index (χ4n) is 3.34. The van der Waals surface area contributed by atoms with Crippen LogP contribution >= 0.6 is 15.9 Å². The Morgan fingerprint density at radius 3 is 2.75 bits per heavy atom. The summed E-state index contributed by atoms with van der Waals surface area (Å²) >= 11 is 3.38. The number of hydrogen-bond acceptors (Lipinski definition) is 4. The lowest BCUT2D eigenvalue weighted by Gasteiger charge is -2.14. The summed E-state index contributed by atoms with van der Waals surface area (Å²) in [6.07, 6.45) is 2.31. The highest BCUT2D eigenvalue weighted by atomic mass is 79.9. The van der Waals surface area contributed by atoms with E-state index in [0.717, 1.165) is 35.0 Å². The minimum Gasteiger partial charge on any atom is -0.446 e. The van der Waals surface area contributed by atoms with Gasteiger partial charge in [-0.2, -0.15) is 5.10 Å². The molecule has 1 aromatic heterocycles. The number of anilines is 1. The van der Waals surface area contributed by atoms with Crippen LogP contribution < -0.4 is 10.6 Å². The number of rotatable bonds is 6. The average molecular weight is 449 g/mol. The first-order valence-electron chi connectivity index (χ1n) is 9.46. The van der Waals surface area contributed by atoms with Gasteiger partial charge in [-0.3, -0.25) is 9.89 Å². The fraction of sp³-hybridized carbons (Fsp3) is 0.450. The molecule has 1 saturated carbocycles. The lowest BCUT2D eigenvalue weighted by molar-refractivity contribution is -0.115. The molecular formula is C20H25BrN4O3. The summed E-state index contributed by atoms with van der Waals surface area (Å²) in [5.74, 6) is 0.638. The van der Waals surface area contributed by atoms with Gasteiger partial charge in [0, 0.05) is 28.2 Å². The van der Waals surface area contributed by atoms with Crippen molar-refractivity contribution in [1.82, 2.24) is 15.5 Å². The van der Waals surface area contributed by atoms with Crippen LogP contribution in [0.4, 0.5) is 10.6 Å². The molecule has 0 aliphatic heterocycles. The zero-order chi connectivity index (χ0) is 20.1. The molecule has 1 aliphatic carbocycles. The lowest BCUT2D eigenvalue weighted by atomic mass is 10.0. The Morgan fingerprint density at radius 2 is 2.04 bits per heavy atom. The monoisotopic (exact) mass is 448 g/mol. The van der Waals surface area contributed by atoms with Crippen molar-refractivity contribution in [3.63, 3.8) is 0 Å². The highest BCUT2D eigenvalue weighted by Crippen LogP contribution is 2.35. The van der Waals surface area contributed by atoms with E-state index >= 15 is 0 Å². The Labute approximate surface area is 172 Å². The first-order chi connectivity index (χ1) is 13.4. The zero-order valence-electron chi connectivity index (χ0n) is 16.0. The predicted molar refractivity (Wildman–Crippen MR) is 110 cm³/mol. The third-order valence-electron chi connectivity index (χ3n) is 4.65. The maximum absolute atomic E-state index is 12.2. The molecule has 0 spiro atoms. The number of carbonyl (C=O) groups is 2. The molecule has 2 atom stereocenters. The standard InChI is InChI=1S/C20H25BrN4O3/c1-12(2)22-20(27)28-16-8-5-14(10-16)17-11-18(25-24-17)23-19(26)9-13-3-6-15(21)7-4-13/h3-4,6-7,11-12,14,16H,5,8-10H2,1-2H3,(H,22,27)(H2,23,24,25,26)/t14-,16+/m0/s1. The summed E-state index contributed by atoms with van der Waals surface area (Å²) in [5.41, 5.74) is 1.89. The maximum Gasteiger partial charge on any atom is 0.407 e. The molecule has 0 bridgehead atoms. The minimum atomic E-state index is -0.369. The van der Waals surface area contributed by atoms with Crippen molar-refractivity contribution in [1.29, 1.82) is 0 Å². The molecule has 1 heterocycles. The number of carbonyl (C=O) groups excluding carboxylic acids is 2. The second-order valence-electron chi connectivity index (χ2n) is 7.40. The Kier molecular flexibility index (Phi) is 6.72. The fourth-order valence-corrected chi connectivity index (χ4v) is 3.60. The van der Waals surface area contributed by atoms with Crippen molar-refractivity contribution in [2.75, 3.05) is 5.32 Å². The SMILES string of the molecule is CC(C)NC(=O)O[C@@H]1CC[C@H](c2cc(NC(=O)Cc3ccc(Br)cc3)n[nH]2)C1. The highest BCUT2D eigenvalue weighted by molar-refractivity contribution is 9.10. The van der Waals surface area contributed by atoms with Crippen molar-refractivity contribution in [2.45, 2.75) is 57.6 Å². The Balaban J connectivity index is 1.49. The van der Waals surface area contributed by atoms with E-state index in [2.05, 4.69) is 36.8 Å². The second-order valence-corrected chi connectivity index (χ2v) is 8.31. The number of H-pyrrole nitrogens is 1. The first-order valence-corrected chi connectivity index (χ1v) is 10.2. The number of aromatic amines is 1. The van der Waals surface area contributed by atoms with Crippen LogP contribution in [0, 0.1) is 0 Å². The smallest absolute Gasteiger partial charge is 0.407 e.